The molecular formula is C49H42Cl2N10O5. The molecule has 4 heterocycles. The van der Waals surface area contributed by atoms with Crippen LogP contribution in [0, 0.1) is 22.7 Å². The second-order valence-electron chi connectivity index (χ2n) is 15.4. The first-order chi connectivity index (χ1) is 32.3. The van der Waals surface area contributed by atoms with Gasteiger partial charge in [0.05, 0.1) is 66.9 Å². The number of nitrogens with one attached hydrogen (secondary N) is 2. The van der Waals surface area contributed by atoms with Gasteiger partial charge in [0.2, 0.25) is 0 Å². The third-order valence-electron chi connectivity index (χ3n) is 10.9. The Morgan fingerprint density at radius 1 is 0.682 bits per heavy atom. The van der Waals surface area contributed by atoms with E-state index in [2.05, 4.69) is 44.9 Å². The number of aliphatic hydroxyl groups is 2. The van der Waals surface area contributed by atoms with Crippen LogP contribution in [0.3, 0.4) is 0 Å². The number of rotatable bonds is 20. The van der Waals surface area contributed by atoms with E-state index in [0.717, 1.165) is 55.2 Å². The molecule has 0 fully saturated rings. The summed E-state index contributed by atoms with van der Waals surface area (Å²) in [6, 6.07) is 26.4. The quantitative estimate of drug-likeness (QED) is 0.0455. The highest BCUT2D eigenvalue weighted by atomic mass is 35.5. The van der Waals surface area contributed by atoms with Crippen molar-refractivity contribution in [3.05, 3.63) is 165 Å². The number of aldehydes is 1. The van der Waals surface area contributed by atoms with E-state index in [9.17, 15) is 25.5 Å². The smallest absolute Gasteiger partial charge is 0.139 e. The molecule has 17 heteroatoms. The standard InChI is InChI=1S/C49H42Cl2N10O5/c50-44-11-35(21-54-7-8-62)48(65-29-33-9-31(15-52)17-55-19-33)13-37(44)25-60-46-5-1-3-40(42(46)23-58-60)41-4-2-6-47-43(41)24-59-61(47)26-38-14-49(66-30-34-10-32(16-53)18-56-20-34)36(12-45(38)51)22-57-39(27-63)28-64/h1-6,9-14,17-20,23-24,27,39,54,57,62,64H,7-8,21-22,25-26,28-30H2. The molecule has 0 saturated heterocycles. The summed E-state index contributed by atoms with van der Waals surface area (Å²) in [4.78, 5) is 19.7. The fourth-order valence-corrected chi connectivity index (χ4v) is 8.08. The van der Waals surface area contributed by atoms with Gasteiger partial charge < -0.3 is 35.1 Å². The molecule has 0 spiro atoms. The van der Waals surface area contributed by atoms with Crippen molar-refractivity contribution in [3.63, 3.8) is 0 Å². The fraction of sp³-hybridized carbons (Fsp3) is 0.204. The van der Waals surface area contributed by atoms with Crippen LogP contribution in [0.15, 0.2) is 110 Å². The Morgan fingerprint density at radius 2 is 1.20 bits per heavy atom. The Labute approximate surface area is 389 Å². The van der Waals surface area contributed by atoms with Crippen molar-refractivity contribution in [1.29, 1.82) is 10.5 Å². The molecule has 15 nitrogen and oxygen atoms in total. The summed E-state index contributed by atoms with van der Waals surface area (Å²) in [6.07, 6.45) is 10.6. The zero-order valence-corrected chi connectivity index (χ0v) is 36.9. The Kier molecular flexibility index (Phi) is 14.6. The predicted molar refractivity (Wildman–Crippen MR) is 249 cm³/mol. The van der Waals surface area contributed by atoms with Crippen molar-refractivity contribution < 1.29 is 24.5 Å². The molecule has 66 heavy (non-hydrogen) atoms. The van der Waals surface area contributed by atoms with Crippen molar-refractivity contribution in [1.82, 2.24) is 40.2 Å². The number of pyridine rings is 2. The molecule has 0 saturated carbocycles. The number of nitriles is 2. The maximum atomic E-state index is 11.4. The van der Waals surface area contributed by atoms with E-state index in [1.54, 1.807) is 30.6 Å². The molecule has 0 aliphatic rings. The number of carbonyl (C=O) groups is 1. The van der Waals surface area contributed by atoms with E-state index in [1.807, 2.05) is 64.2 Å². The molecule has 4 aromatic heterocycles. The van der Waals surface area contributed by atoms with Gasteiger partial charge in [-0.2, -0.15) is 20.7 Å². The maximum Gasteiger partial charge on any atom is 0.139 e. The van der Waals surface area contributed by atoms with Crippen LogP contribution in [0.4, 0.5) is 0 Å². The minimum Gasteiger partial charge on any atom is -0.489 e. The van der Waals surface area contributed by atoms with Gasteiger partial charge in [-0.15, -0.1) is 0 Å². The van der Waals surface area contributed by atoms with Gasteiger partial charge in [-0.25, -0.2) is 0 Å². The van der Waals surface area contributed by atoms with Gasteiger partial charge in [-0.05, 0) is 70.8 Å². The topological polar surface area (TPSA) is 209 Å². The van der Waals surface area contributed by atoms with Crippen LogP contribution in [-0.2, 0) is 44.2 Å². The lowest BCUT2D eigenvalue weighted by atomic mass is 9.99. The molecule has 0 aliphatic heterocycles. The summed E-state index contributed by atoms with van der Waals surface area (Å²) < 4.78 is 16.4. The zero-order valence-electron chi connectivity index (χ0n) is 35.4. The van der Waals surface area contributed by atoms with Gasteiger partial charge in [-0.1, -0.05) is 47.5 Å². The van der Waals surface area contributed by atoms with E-state index in [4.69, 9.17) is 42.9 Å². The molecule has 4 aromatic carbocycles. The van der Waals surface area contributed by atoms with Crippen LogP contribution in [-0.4, -0.2) is 71.8 Å². The van der Waals surface area contributed by atoms with Gasteiger partial charge in [0, 0.05) is 87.5 Å². The largest absolute Gasteiger partial charge is 0.489 e. The second kappa shape index (κ2) is 21.2. The van der Waals surface area contributed by atoms with Crippen LogP contribution in [0.25, 0.3) is 32.9 Å². The number of benzene rings is 4. The summed E-state index contributed by atoms with van der Waals surface area (Å²) >= 11 is 13.9. The highest BCUT2D eigenvalue weighted by molar-refractivity contribution is 6.31. The van der Waals surface area contributed by atoms with Crippen LogP contribution in [0.1, 0.15) is 44.5 Å². The lowest BCUT2D eigenvalue weighted by Crippen LogP contribution is -2.33. The first-order valence-electron chi connectivity index (χ1n) is 20.9. The molecule has 0 amide bonds. The van der Waals surface area contributed by atoms with Crippen molar-refractivity contribution in [2.45, 2.75) is 45.4 Å². The normalized spacial score (nSPS) is 11.7. The molecule has 1 atom stereocenters. The summed E-state index contributed by atoms with van der Waals surface area (Å²) in [5.41, 5.74) is 9.01. The highest BCUT2D eigenvalue weighted by Crippen LogP contribution is 2.36. The Bertz CT molecular complexity index is 3120. The first-order valence-corrected chi connectivity index (χ1v) is 21.6. The van der Waals surface area contributed by atoms with Crippen molar-refractivity contribution in [2.24, 2.45) is 0 Å². The van der Waals surface area contributed by atoms with Crippen LogP contribution < -0.4 is 20.1 Å². The van der Waals surface area contributed by atoms with E-state index < -0.39 is 6.04 Å². The molecule has 332 valence electrons. The lowest BCUT2D eigenvalue weighted by Gasteiger charge is -2.17. The Hall–Kier alpha value is -7.21. The molecule has 8 rings (SSSR count). The summed E-state index contributed by atoms with van der Waals surface area (Å²) in [5, 5.41) is 56.4. The SMILES string of the molecule is N#Cc1cncc(COc2cc(Cn3ncc4c(-c5cccc6c5cnn6Cc5cc(OCc6cncc(C#N)c6)c(CNC(C=O)CO)cc5Cl)cccc43)c(Cl)cc2CNCCO)c1. The average molecular weight is 922 g/mol. The van der Waals surface area contributed by atoms with Gasteiger partial charge in [-0.3, -0.25) is 19.3 Å². The van der Waals surface area contributed by atoms with E-state index >= 15 is 0 Å². The fourth-order valence-electron chi connectivity index (χ4n) is 7.59. The number of aliphatic hydroxyl groups excluding tert-OH is 2. The predicted octanol–water partition coefficient (Wildman–Crippen LogP) is 6.88. The summed E-state index contributed by atoms with van der Waals surface area (Å²) in [7, 11) is 0. The molecular weight excluding hydrogens is 880 g/mol. The van der Waals surface area contributed by atoms with Crippen molar-refractivity contribution in [3.8, 4) is 34.8 Å². The molecule has 0 aliphatic carbocycles. The minimum absolute atomic E-state index is 0.0145. The van der Waals surface area contributed by atoms with Gasteiger partial charge in [0.25, 0.3) is 0 Å². The summed E-state index contributed by atoms with van der Waals surface area (Å²) in [5.74, 6) is 1.11. The highest BCUT2D eigenvalue weighted by Gasteiger charge is 2.19. The van der Waals surface area contributed by atoms with Gasteiger partial charge in [0.1, 0.15) is 43.1 Å². The average Bonchev–Trinajstić information content (AvgIpc) is 3.96. The number of hydrogen-bond donors (Lipinski definition) is 4. The first kappa shape index (κ1) is 45.4. The van der Waals surface area contributed by atoms with Crippen LogP contribution in [0.2, 0.25) is 10.0 Å². The molecule has 0 radical (unpaired) electrons. The maximum absolute atomic E-state index is 11.4. The third-order valence-corrected chi connectivity index (χ3v) is 11.6. The zero-order chi connectivity index (χ0) is 46.0. The molecule has 4 N–H and O–H groups in total. The molecule has 8 aromatic rings. The third kappa shape index (κ3) is 10.3. The second-order valence-corrected chi connectivity index (χ2v) is 16.2. The number of halogens is 2. The number of fused-ring (bicyclic) bond motifs is 2. The number of aromatic nitrogens is 6. The Morgan fingerprint density at radius 3 is 1.67 bits per heavy atom. The van der Waals surface area contributed by atoms with E-state index in [0.29, 0.717) is 76.3 Å². The summed E-state index contributed by atoms with van der Waals surface area (Å²) in [6.45, 7) is 1.61. The molecule has 0 bridgehead atoms. The van der Waals surface area contributed by atoms with Crippen molar-refractivity contribution in [2.75, 3.05) is 19.8 Å². The number of carbonyl (C=O) groups excluding carboxylic acids is 1. The van der Waals surface area contributed by atoms with Gasteiger partial charge >= 0.3 is 0 Å². The Balaban J connectivity index is 1.07. The molecule has 1 unspecified atom stereocenters. The monoisotopic (exact) mass is 920 g/mol. The van der Waals surface area contributed by atoms with Crippen LogP contribution in [0.5, 0.6) is 11.5 Å². The number of hydrogen-bond acceptors (Lipinski definition) is 13. The van der Waals surface area contributed by atoms with Crippen molar-refractivity contribution >= 4 is 51.3 Å². The van der Waals surface area contributed by atoms with E-state index in [-0.39, 0.29) is 33.0 Å². The van der Waals surface area contributed by atoms with Gasteiger partial charge in [0.15, 0.2) is 0 Å². The van der Waals surface area contributed by atoms with E-state index in [1.165, 1.54) is 12.4 Å². The lowest BCUT2D eigenvalue weighted by molar-refractivity contribution is -0.110. The van der Waals surface area contributed by atoms with Crippen LogP contribution >= 0.6 is 23.2 Å². The number of ether oxygens (including phenoxy) is 2. The minimum atomic E-state index is -0.765. The number of nitrogens with zero attached hydrogens (tertiary/aromatic N) is 8.